The van der Waals surface area contributed by atoms with Crippen molar-refractivity contribution in [1.29, 1.82) is 0 Å². The molecule has 1 aromatic carbocycles. The second-order valence-electron chi connectivity index (χ2n) is 11.3. The van der Waals surface area contributed by atoms with Crippen molar-refractivity contribution < 1.29 is 29.0 Å². The Morgan fingerprint density at radius 1 is 0.975 bits per heavy atom. The predicted molar refractivity (Wildman–Crippen MR) is 155 cm³/mol. The van der Waals surface area contributed by atoms with Gasteiger partial charge in [-0.05, 0) is 46.6 Å². The number of ether oxygens (including phenoxy) is 1. The predicted octanol–water partition coefficient (Wildman–Crippen LogP) is 4.70. The Balaban J connectivity index is 3.49. The van der Waals surface area contributed by atoms with Crippen LogP contribution >= 0.6 is 0 Å². The number of carbonyl (C=O) groups is 4. The number of carbonyl (C=O) groups excluding carboxylic acids is 4. The SMILES string of the molecule is CCCCCCCCN(C(=O)C(CC(N)=O)NC(=O)OC(C)(C)C)C(C(=O)NC(C)CCC)c1ccccc1O. The van der Waals surface area contributed by atoms with Gasteiger partial charge in [-0.2, -0.15) is 0 Å². The van der Waals surface area contributed by atoms with Crippen LogP contribution in [0.15, 0.2) is 24.3 Å². The molecule has 0 radical (unpaired) electrons. The fourth-order valence-corrected chi connectivity index (χ4v) is 4.48. The van der Waals surface area contributed by atoms with Crippen molar-refractivity contribution in [3.8, 4) is 5.75 Å². The van der Waals surface area contributed by atoms with Crippen molar-refractivity contribution in [2.75, 3.05) is 6.54 Å². The van der Waals surface area contributed by atoms with E-state index in [0.29, 0.717) is 6.42 Å². The Kier molecular flexibility index (Phi) is 15.1. The number of phenols is 1. The van der Waals surface area contributed by atoms with E-state index in [0.717, 1.165) is 44.9 Å². The lowest BCUT2D eigenvalue weighted by atomic mass is 9.99. The molecule has 0 aliphatic heterocycles. The minimum Gasteiger partial charge on any atom is -0.508 e. The summed E-state index contributed by atoms with van der Waals surface area (Å²) in [5, 5.41) is 16.2. The third kappa shape index (κ3) is 12.7. The van der Waals surface area contributed by atoms with Crippen LogP contribution in [0.1, 0.15) is 111 Å². The van der Waals surface area contributed by atoms with Gasteiger partial charge in [0, 0.05) is 18.2 Å². The summed E-state index contributed by atoms with van der Waals surface area (Å²) in [4.78, 5) is 53.7. The second kappa shape index (κ2) is 17.4. The number of primary amides is 1. The number of alkyl carbamates (subject to hydrolysis) is 1. The summed E-state index contributed by atoms with van der Waals surface area (Å²) in [5.41, 5.74) is 4.86. The van der Waals surface area contributed by atoms with Crippen LogP contribution in [0.25, 0.3) is 0 Å². The van der Waals surface area contributed by atoms with Crippen LogP contribution in [0.4, 0.5) is 4.79 Å². The summed E-state index contributed by atoms with van der Waals surface area (Å²) < 4.78 is 5.31. The van der Waals surface area contributed by atoms with Gasteiger partial charge in [0.2, 0.25) is 17.7 Å². The first kappa shape index (κ1) is 34.7. The van der Waals surface area contributed by atoms with Crippen molar-refractivity contribution in [3.05, 3.63) is 29.8 Å². The molecule has 0 saturated carbocycles. The molecule has 40 heavy (non-hydrogen) atoms. The van der Waals surface area contributed by atoms with Crippen LogP contribution in [0.5, 0.6) is 5.75 Å². The number of phenolic OH excluding ortho intramolecular Hbond substituents is 1. The third-order valence-electron chi connectivity index (χ3n) is 6.33. The normalized spacial score (nSPS) is 13.6. The van der Waals surface area contributed by atoms with E-state index in [9.17, 15) is 24.3 Å². The molecule has 226 valence electrons. The number of nitrogens with one attached hydrogen (secondary N) is 2. The summed E-state index contributed by atoms with van der Waals surface area (Å²) in [7, 11) is 0. The number of nitrogens with zero attached hydrogens (tertiary/aromatic N) is 1. The Morgan fingerprint density at radius 2 is 1.60 bits per heavy atom. The first-order valence-corrected chi connectivity index (χ1v) is 14.5. The number of hydrogen-bond donors (Lipinski definition) is 4. The maximum absolute atomic E-state index is 14.1. The van der Waals surface area contributed by atoms with Crippen molar-refractivity contribution in [1.82, 2.24) is 15.5 Å². The molecule has 0 saturated heterocycles. The molecule has 10 nitrogen and oxygen atoms in total. The highest BCUT2D eigenvalue weighted by molar-refractivity contribution is 5.94. The summed E-state index contributed by atoms with van der Waals surface area (Å²) >= 11 is 0. The Morgan fingerprint density at radius 3 is 2.17 bits per heavy atom. The summed E-state index contributed by atoms with van der Waals surface area (Å²) in [6.45, 7) is 11.2. The smallest absolute Gasteiger partial charge is 0.408 e. The highest BCUT2D eigenvalue weighted by Gasteiger charge is 2.38. The first-order valence-electron chi connectivity index (χ1n) is 14.5. The number of aromatic hydroxyl groups is 1. The highest BCUT2D eigenvalue weighted by Crippen LogP contribution is 2.30. The van der Waals surface area contributed by atoms with E-state index in [2.05, 4.69) is 17.6 Å². The van der Waals surface area contributed by atoms with E-state index >= 15 is 0 Å². The van der Waals surface area contributed by atoms with Gasteiger partial charge in [-0.15, -0.1) is 0 Å². The standard InChI is InChI=1S/C30H50N4O6/c1-7-9-10-11-12-15-19-34(28(38)23(20-25(31)36)33-29(39)40-30(4,5)6)26(22-17-13-14-18-24(22)35)27(37)32-21(3)16-8-2/h13-14,17-18,21,23,26,35H,7-12,15-16,19-20H2,1-6H3,(H2,31,36)(H,32,37)(H,33,39). The number of para-hydroxylation sites is 1. The fraction of sp³-hybridized carbons (Fsp3) is 0.667. The second-order valence-corrected chi connectivity index (χ2v) is 11.3. The molecule has 0 heterocycles. The molecule has 3 unspecified atom stereocenters. The maximum atomic E-state index is 14.1. The number of amides is 4. The van der Waals surface area contributed by atoms with E-state index in [4.69, 9.17) is 10.5 Å². The molecule has 0 bridgehead atoms. The highest BCUT2D eigenvalue weighted by atomic mass is 16.6. The molecule has 0 aromatic heterocycles. The van der Waals surface area contributed by atoms with Gasteiger partial charge in [0.1, 0.15) is 23.4 Å². The van der Waals surface area contributed by atoms with Crippen LogP contribution < -0.4 is 16.4 Å². The summed E-state index contributed by atoms with van der Waals surface area (Å²) in [6.07, 6.45) is 5.88. The van der Waals surface area contributed by atoms with Crippen molar-refractivity contribution >= 4 is 23.8 Å². The Hall–Kier alpha value is -3.30. The molecule has 4 amide bonds. The zero-order valence-electron chi connectivity index (χ0n) is 25.1. The zero-order chi connectivity index (χ0) is 30.3. The largest absolute Gasteiger partial charge is 0.508 e. The molecule has 1 aromatic rings. The molecule has 10 heteroatoms. The lowest BCUT2D eigenvalue weighted by Gasteiger charge is -2.35. The van der Waals surface area contributed by atoms with E-state index < -0.39 is 47.9 Å². The van der Waals surface area contributed by atoms with Gasteiger partial charge >= 0.3 is 6.09 Å². The minimum atomic E-state index is -1.36. The third-order valence-corrected chi connectivity index (χ3v) is 6.33. The quantitative estimate of drug-likeness (QED) is 0.202. The molecular formula is C30H50N4O6. The average Bonchev–Trinajstić information content (AvgIpc) is 2.84. The Bertz CT molecular complexity index is 962. The zero-order valence-corrected chi connectivity index (χ0v) is 25.1. The number of unbranched alkanes of at least 4 members (excludes halogenated alkanes) is 5. The van der Waals surface area contributed by atoms with Gasteiger partial charge in [-0.25, -0.2) is 4.79 Å². The average molecular weight is 563 g/mol. The van der Waals surface area contributed by atoms with E-state index in [1.807, 2.05) is 13.8 Å². The van der Waals surface area contributed by atoms with Gasteiger partial charge in [0.05, 0.1) is 6.42 Å². The lowest BCUT2D eigenvalue weighted by molar-refractivity contribution is -0.143. The topological polar surface area (TPSA) is 151 Å². The molecule has 3 atom stereocenters. The van der Waals surface area contributed by atoms with E-state index in [1.165, 1.54) is 11.0 Å². The summed E-state index contributed by atoms with van der Waals surface area (Å²) in [5.74, 6) is -2.06. The van der Waals surface area contributed by atoms with Gasteiger partial charge < -0.3 is 31.1 Å². The van der Waals surface area contributed by atoms with Gasteiger partial charge in [-0.1, -0.05) is 70.6 Å². The van der Waals surface area contributed by atoms with Gasteiger partial charge in [-0.3, -0.25) is 14.4 Å². The Labute approximate surface area is 239 Å². The summed E-state index contributed by atoms with van der Waals surface area (Å²) in [6, 6.07) is 3.64. The number of benzene rings is 1. The van der Waals surface area contributed by atoms with Crippen LogP contribution in [-0.2, 0) is 19.1 Å². The van der Waals surface area contributed by atoms with Crippen molar-refractivity contribution in [3.63, 3.8) is 0 Å². The van der Waals surface area contributed by atoms with Crippen molar-refractivity contribution in [2.45, 2.75) is 123 Å². The lowest BCUT2D eigenvalue weighted by Crippen LogP contribution is -2.54. The minimum absolute atomic E-state index is 0.141. The fourth-order valence-electron chi connectivity index (χ4n) is 4.48. The molecule has 5 N–H and O–H groups in total. The van der Waals surface area contributed by atoms with Gasteiger partial charge in [0.15, 0.2) is 0 Å². The first-order chi connectivity index (χ1) is 18.8. The van der Waals surface area contributed by atoms with Crippen LogP contribution in [-0.4, -0.2) is 58.1 Å². The number of rotatable bonds is 17. The monoisotopic (exact) mass is 562 g/mol. The van der Waals surface area contributed by atoms with E-state index in [1.54, 1.807) is 39.0 Å². The number of hydrogen-bond acceptors (Lipinski definition) is 6. The molecule has 0 spiro atoms. The van der Waals surface area contributed by atoms with Crippen LogP contribution in [0, 0.1) is 0 Å². The molecule has 0 aliphatic carbocycles. The van der Waals surface area contributed by atoms with E-state index in [-0.39, 0.29) is 23.9 Å². The van der Waals surface area contributed by atoms with Crippen LogP contribution in [0.2, 0.25) is 0 Å². The number of nitrogens with two attached hydrogens (primary N) is 1. The maximum Gasteiger partial charge on any atom is 0.408 e. The van der Waals surface area contributed by atoms with Gasteiger partial charge in [0.25, 0.3) is 0 Å². The molecular weight excluding hydrogens is 512 g/mol. The molecule has 0 fully saturated rings. The molecule has 0 aliphatic rings. The molecule has 1 rings (SSSR count). The van der Waals surface area contributed by atoms with Crippen LogP contribution in [0.3, 0.4) is 0 Å². The van der Waals surface area contributed by atoms with Crippen molar-refractivity contribution in [2.24, 2.45) is 5.73 Å².